The number of ether oxygens (including phenoxy) is 1. The van der Waals surface area contributed by atoms with Crippen LogP contribution >= 0.6 is 0 Å². The Balaban J connectivity index is 2.28. The third-order valence-electron chi connectivity index (χ3n) is 2.30. The zero-order chi connectivity index (χ0) is 13.0. The van der Waals surface area contributed by atoms with Crippen LogP contribution in [0.15, 0.2) is 54.6 Å². The summed E-state index contributed by atoms with van der Waals surface area (Å²) in [6, 6.07) is 16.1. The Labute approximate surface area is 106 Å². The van der Waals surface area contributed by atoms with Gasteiger partial charge in [-0.25, -0.2) is 13.6 Å². The van der Waals surface area contributed by atoms with Crippen LogP contribution in [-0.2, 0) is 15.8 Å². The molecular formula is C13H13NO3S. The summed E-state index contributed by atoms with van der Waals surface area (Å²) in [6.45, 7) is 0. The molecule has 2 rings (SSSR count). The second kappa shape index (κ2) is 5.20. The van der Waals surface area contributed by atoms with E-state index in [0.29, 0.717) is 17.1 Å². The Morgan fingerprint density at radius 3 is 2.22 bits per heavy atom. The van der Waals surface area contributed by atoms with Crippen molar-refractivity contribution in [2.45, 2.75) is 5.75 Å². The number of primary sulfonamides is 1. The van der Waals surface area contributed by atoms with Gasteiger partial charge in [0.05, 0.1) is 5.75 Å². The molecule has 94 valence electrons. The number of sulfonamides is 1. The van der Waals surface area contributed by atoms with Gasteiger partial charge in [-0.1, -0.05) is 36.4 Å². The standard InChI is InChI=1S/C13H13NO3S/c14-18(15,16)10-11-6-4-5-9-13(11)17-12-7-2-1-3-8-12/h1-9H,10H2,(H2,14,15,16). The lowest BCUT2D eigenvalue weighted by Gasteiger charge is -2.10. The molecule has 0 spiro atoms. The average molecular weight is 263 g/mol. The molecule has 0 radical (unpaired) electrons. The minimum absolute atomic E-state index is 0.240. The monoisotopic (exact) mass is 263 g/mol. The summed E-state index contributed by atoms with van der Waals surface area (Å²) < 4.78 is 27.9. The van der Waals surface area contributed by atoms with Crippen LogP contribution in [-0.4, -0.2) is 8.42 Å². The van der Waals surface area contributed by atoms with Crippen molar-refractivity contribution in [3.63, 3.8) is 0 Å². The second-order valence-corrected chi connectivity index (χ2v) is 5.44. The van der Waals surface area contributed by atoms with E-state index in [-0.39, 0.29) is 5.75 Å². The van der Waals surface area contributed by atoms with E-state index in [4.69, 9.17) is 9.88 Å². The number of nitrogens with two attached hydrogens (primary N) is 1. The molecule has 2 aromatic rings. The third kappa shape index (κ3) is 3.58. The molecule has 0 heterocycles. The number of hydrogen-bond acceptors (Lipinski definition) is 3. The molecule has 0 saturated heterocycles. The van der Waals surface area contributed by atoms with Gasteiger partial charge in [0.25, 0.3) is 0 Å². The molecule has 0 fully saturated rings. The van der Waals surface area contributed by atoms with Gasteiger partial charge >= 0.3 is 0 Å². The van der Waals surface area contributed by atoms with Crippen LogP contribution in [0.25, 0.3) is 0 Å². The first-order chi connectivity index (χ1) is 8.54. The van der Waals surface area contributed by atoms with E-state index < -0.39 is 10.0 Å². The molecule has 0 aromatic heterocycles. The number of benzene rings is 2. The maximum Gasteiger partial charge on any atom is 0.213 e. The van der Waals surface area contributed by atoms with Crippen molar-refractivity contribution in [1.29, 1.82) is 0 Å². The molecule has 18 heavy (non-hydrogen) atoms. The highest BCUT2D eigenvalue weighted by Crippen LogP contribution is 2.25. The average Bonchev–Trinajstić information content (AvgIpc) is 2.31. The van der Waals surface area contributed by atoms with Crippen molar-refractivity contribution < 1.29 is 13.2 Å². The summed E-state index contributed by atoms with van der Waals surface area (Å²) in [5.74, 6) is 0.910. The van der Waals surface area contributed by atoms with Crippen LogP contribution in [0.1, 0.15) is 5.56 Å². The summed E-state index contributed by atoms with van der Waals surface area (Å²) in [4.78, 5) is 0. The molecule has 0 aliphatic carbocycles. The predicted molar refractivity (Wildman–Crippen MR) is 69.8 cm³/mol. The maximum absolute atomic E-state index is 11.1. The van der Waals surface area contributed by atoms with E-state index in [1.807, 2.05) is 18.2 Å². The molecule has 0 aliphatic heterocycles. The Kier molecular flexibility index (Phi) is 3.64. The highest BCUT2D eigenvalue weighted by Gasteiger charge is 2.10. The van der Waals surface area contributed by atoms with E-state index >= 15 is 0 Å². The lowest BCUT2D eigenvalue weighted by Crippen LogP contribution is -2.14. The predicted octanol–water partition coefficient (Wildman–Crippen LogP) is 2.27. The first-order valence-electron chi connectivity index (χ1n) is 5.36. The van der Waals surface area contributed by atoms with E-state index in [0.717, 1.165) is 0 Å². The van der Waals surface area contributed by atoms with E-state index in [2.05, 4.69) is 0 Å². The van der Waals surface area contributed by atoms with Crippen molar-refractivity contribution in [3.8, 4) is 11.5 Å². The molecular weight excluding hydrogens is 250 g/mol. The van der Waals surface area contributed by atoms with Crippen LogP contribution in [0.3, 0.4) is 0 Å². The molecule has 0 bridgehead atoms. The molecule has 2 aromatic carbocycles. The normalized spacial score (nSPS) is 11.2. The zero-order valence-corrected chi connectivity index (χ0v) is 10.4. The largest absolute Gasteiger partial charge is 0.457 e. The highest BCUT2D eigenvalue weighted by molar-refractivity contribution is 7.88. The van der Waals surface area contributed by atoms with Gasteiger partial charge in [-0.05, 0) is 18.2 Å². The van der Waals surface area contributed by atoms with Gasteiger partial charge in [-0.3, -0.25) is 0 Å². The van der Waals surface area contributed by atoms with Crippen LogP contribution in [0.2, 0.25) is 0 Å². The molecule has 0 amide bonds. The van der Waals surface area contributed by atoms with Gasteiger partial charge in [0.15, 0.2) is 0 Å². The van der Waals surface area contributed by atoms with Crippen molar-refractivity contribution >= 4 is 10.0 Å². The summed E-state index contributed by atoms with van der Waals surface area (Å²) in [5, 5.41) is 5.05. The number of hydrogen-bond donors (Lipinski definition) is 1. The maximum atomic E-state index is 11.1. The van der Waals surface area contributed by atoms with Crippen molar-refractivity contribution in [2.75, 3.05) is 0 Å². The quantitative estimate of drug-likeness (QED) is 0.919. The summed E-state index contributed by atoms with van der Waals surface area (Å²) in [5.41, 5.74) is 0.545. The molecule has 0 unspecified atom stereocenters. The topological polar surface area (TPSA) is 69.4 Å². The van der Waals surface area contributed by atoms with Crippen LogP contribution < -0.4 is 9.88 Å². The lowest BCUT2D eigenvalue weighted by atomic mass is 10.2. The van der Waals surface area contributed by atoms with Crippen molar-refractivity contribution in [1.82, 2.24) is 0 Å². The van der Waals surface area contributed by atoms with Gasteiger partial charge in [0.1, 0.15) is 11.5 Å². The fourth-order valence-electron chi connectivity index (χ4n) is 1.55. The fourth-order valence-corrected chi connectivity index (χ4v) is 2.23. The SMILES string of the molecule is NS(=O)(=O)Cc1ccccc1Oc1ccccc1. The van der Waals surface area contributed by atoms with Gasteiger partial charge < -0.3 is 4.74 Å². The fraction of sp³-hybridized carbons (Fsp3) is 0.0769. The van der Waals surface area contributed by atoms with Crippen molar-refractivity contribution in [2.24, 2.45) is 5.14 Å². The lowest BCUT2D eigenvalue weighted by molar-refractivity contribution is 0.477. The Bertz CT molecular complexity index is 624. The smallest absolute Gasteiger partial charge is 0.213 e. The number of rotatable bonds is 4. The zero-order valence-electron chi connectivity index (χ0n) is 9.61. The van der Waals surface area contributed by atoms with Gasteiger partial charge in [-0.15, -0.1) is 0 Å². The van der Waals surface area contributed by atoms with Crippen molar-refractivity contribution in [3.05, 3.63) is 60.2 Å². The minimum Gasteiger partial charge on any atom is -0.457 e. The number of para-hydroxylation sites is 2. The Morgan fingerprint density at radius 1 is 0.944 bits per heavy atom. The molecule has 0 saturated carbocycles. The van der Waals surface area contributed by atoms with Gasteiger partial charge in [0, 0.05) is 5.56 Å². The van der Waals surface area contributed by atoms with E-state index in [9.17, 15) is 8.42 Å². The minimum atomic E-state index is -3.57. The van der Waals surface area contributed by atoms with E-state index in [1.165, 1.54) is 0 Å². The van der Waals surface area contributed by atoms with Crippen LogP contribution in [0.5, 0.6) is 11.5 Å². The second-order valence-electron chi connectivity index (χ2n) is 3.83. The Hall–Kier alpha value is -1.85. The first-order valence-corrected chi connectivity index (χ1v) is 7.07. The summed E-state index contributed by atoms with van der Waals surface area (Å²) in [6.07, 6.45) is 0. The van der Waals surface area contributed by atoms with Crippen LogP contribution in [0, 0.1) is 0 Å². The third-order valence-corrected chi connectivity index (χ3v) is 3.01. The summed E-state index contributed by atoms with van der Waals surface area (Å²) >= 11 is 0. The molecule has 5 heteroatoms. The van der Waals surface area contributed by atoms with Gasteiger partial charge in [0.2, 0.25) is 10.0 Å². The molecule has 4 nitrogen and oxygen atoms in total. The first kappa shape index (κ1) is 12.6. The molecule has 0 aliphatic rings. The van der Waals surface area contributed by atoms with Gasteiger partial charge in [-0.2, -0.15) is 0 Å². The molecule has 0 atom stereocenters. The van der Waals surface area contributed by atoms with Crippen LogP contribution in [0.4, 0.5) is 0 Å². The highest BCUT2D eigenvalue weighted by atomic mass is 32.2. The van der Waals surface area contributed by atoms with E-state index in [1.54, 1.807) is 36.4 Å². The Morgan fingerprint density at radius 2 is 1.56 bits per heavy atom. The molecule has 2 N–H and O–H groups in total. The summed E-state index contributed by atoms with van der Waals surface area (Å²) in [7, 11) is -3.57.